The van der Waals surface area contributed by atoms with Crippen molar-refractivity contribution in [2.75, 3.05) is 0 Å². The van der Waals surface area contributed by atoms with E-state index in [1.54, 1.807) is 6.08 Å². The second-order valence-electron chi connectivity index (χ2n) is 3.74. The van der Waals surface area contributed by atoms with Crippen molar-refractivity contribution in [3.8, 4) is 0 Å². The van der Waals surface area contributed by atoms with Crippen molar-refractivity contribution in [1.82, 2.24) is 0 Å². The van der Waals surface area contributed by atoms with E-state index in [1.165, 1.54) is 6.42 Å². The van der Waals surface area contributed by atoms with Gasteiger partial charge in [-0.25, -0.2) is 0 Å². The molecule has 0 aromatic heterocycles. The molecule has 1 atom stereocenters. The van der Waals surface area contributed by atoms with E-state index < -0.39 is 0 Å². The number of unbranched alkanes of at least 4 members (excludes halogenated alkanes) is 2. The van der Waals surface area contributed by atoms with Gasteiger partial charge in [-0.15, -0.1) is 19.7 Å². The van der Waals surface area contributed by atoms with Gasteiger partial charge in [0.15, 0.2) is 0 Å². The van der Waals surface area contributed by atoms with Crippen molar-refractivity contribution in [1.29, 1.82) is 0 Å². The third-order valence-corrected chi connectivity index (χ3v) is 2.03. The minimum atomic E-state index is -0.344. The first-order chi connectivity index (χ1) is 7.59. The standard InChI is InChI=1S/C8H14O.C7H12/c1-4-5-6-8(9)7(2)3;1-3-5-7-6-4-2/h4,8-9H,1-2,5-6H2,3H3;3-4H,1-2,5-7H2. The van der Waals surface area contributed by atoms with Crippen molar-refractivity contribution in [2.45, 2.75) is 45.1 Å². The molecule has 0 radical (unpaired) electrons. The van der Waals surface area contributed by atoms with Gasteiger partial charge in [0.25, 0.3) is 0 Å². The van der Waals surface area contributed by atoms with Crippen LogP contribution in [0.5, 0.6) is 0 Å². The lowest BCUT2D eigenvalue weighted by Gasteiger charge is -2.06. The summed E-state index contributed by atoms with van der Waals surface area (Å²) >= 11 is 0. The lowest BCUT2D eigenvalue weighted by atomic mass is 10.1. The third kappa shape index (κ3) is 15.4. The molecular weight excluding hydrogens is 196 g/mol. The smallest absolute Gasteiger partial charge is 0.0747 e. The summed E-state index contributed by atoms with van der Waals surface area (Å²) < 4.78 is 0. The van der Waals surface area contributed by atoms with Crippen LogP contribution >= 0.6 is 0 Å². The van der Waals surface area contributed by atoms with Gasteiger partial charge in [0.1, 0.15) is 0 Å². The Bertz CT molecular complexity index is 195. The molecule has 16 heavy (non-hydrogen) atoms. The van der Waals surface area contributed by atoms with E-state index in [0.29, 0.717) is 0 Å². The van der Waals surface area contributed by atoms with Crippen molar-refractivity contribution in [3.05, 3.63) is 50.1 Å². The molecule has 1 heteroatoms. The summed E-state index contributed by atoms with van der Waals surface area (Å²) in [5, 5.41) is 9.11. The number of hydrogen-bond donors (Lipinski definition) is 1. The molecule has 0 spiro atoms. The van der Waals surface area contributed by atoms with Crippen LogP contribution in [0.15, 0.2) is 50.1 Å². The van der Waals surface area contributed by atoms with Crippen LogP contribution in [0.1, 0.15) is 39.0 Å². The Morgan fingerprint density at radius 2 is 1.50 bits per heavy atom. The Hall–Kier alpha value is -1.08. The first-order valence-corrected chi connectivity index (χ1v) is 5.76. The van der Waals surface area contributed by atoms with Gasteiger partial charge in [0, 0.05) is 0 Å². The monoisotopic (exact) mass is 222 g/mol. The van der Waals surface area contributed by atoms with Gasteiger partial charge < -0.3 is 5.11 Å². The van der Waals surface area contributed by atoms with Crippen LogP contribution in [0.3, 0.4) is 0 Å². The van der Waals surface area contributed by atoms with Crippen molar-refractivity contribution < 1.29 is 5.11 Å². The minimum absolute atomic E-state index is 0.344. The summed E-state index contributed by atoms with van der Waals surface area (Å²) in [6.07, 6.45) is 10.4. The summed E-state index contributed by atoms with van der Waals surface area (Å²) in [5.74, 6) is 0. The van der Waals surface area contributed by atoms with Crippen LogP contribution < -0.4 is 0 Å². The largest absolute Gasteiger partial charge is 0.389 e. The fourth-order valence-corrected chi connectivity index (χ4v) is 0.929. The molecule has 0 heterocycles. The van der Waals surface area contributed by atoms with E-state index in [4.69, 9.17) is 5.11 Å². The Kier molecular flexibility index (Phi) is 15.1. The maximum absolute atomic E-state index is 9.11. The predicted octanol–water partition coefficient (Wildman–Crippen LogP) is 4.42. The summed E-state index contributed by atoms with van der Waals surface area (Å²) in [6.45, 7) is 16.2. The number of allylic oxidation sites excluding steroid dienone is 3. The fraction of sp³-hybridized carbons (Fsp3) is 0.467. The zero-order valence-electron chi connectivity index (χ0n) is 10.6. The predicted molar refractivity (Wildman–Crippen MR) is 74.5 cm³/mol. The fourth-order valence-electron chi connectivity index (χ4n) is 0.929. The number of aliphatic hydroxyl groups is 1. The van der Waals surface area contributed by atoms with Crippen LogP contribution in [-0.4, -0.2) is 11.2 Å². The molecule has 0 aliphatic rings. The van der Waals surface area contributed by atoms with Gasteiger partial charge in [0.2, 0.25) is 0 Å². The van der Waals surface area contributed by atoms with Gasteiger partial charge >= 0.3 is 0 Å². The van der Waals surface area contributed by atoms with Crippen molar-refractivity contribution >= 4 is 0 Å². The quantitative estimate of drug-likeness (QED) is 0.476. The SMILES string of the molecule is C=CCCC(O)C(=C)C.C=CCCCC=C. The van der Waals surface area contributed by atoms with E-state index in [2.05, 4.69) is 26.3 Å². The maximum Gasteiger partial charge on any atom is 0.0747 e. The molecule has 1 N–H and O–H groups in total. The van der Waals surface area contributed by atoms with E-state index in [9.17, 15) is 0 Å². The first-order valence-electron chi connectivity index (χ1n) is 5.76. The number of rotatable bonds is 8. The maximum atomic E-state index is 9.11. The lowest BCUT2D eigenvalue weighted by Crippen LogP contribution is -2.05. The highest BCUT2D eigenvalue weighted by molar-refractivity contribution is 4.96. The second-order valence-corrected chi connectivity index (χ2v) is 3.74. The Labute approximate surface area is 101 Å². The lowest BCUT2D eigenvalue weighted by molar-refractivity contribution is 0.202. The number of hydrogen-bond acceptors (Lipinski definition) is 1. The zero-order valence-corrected chi connectivity index (χ0v) is 10.6. The molecule has 0 saturated carbocycles. The highest BCUT2D eigenvalue weighted by Gasteiger charge is 2.00. The number of aliphatic hydroxyl groups excluding tert-OH is 1. The Morgan fingerprint density at radius 1 is 1.06 bits per heavy atom. The van der Waals surface area contributed by atoms with Gasteiger partial charge in [-0.1, -0.05) is 30.4 Å². The molecule has 0 saturated heterocycles. The summed E-state index contributed by atoms with van der Waals surface area (Å²) in [7, 11) is 0. The normalized spacial score (nSPS) is 10.6. The molecular formula is C15H26O. The van der Waals surface area contributed by atoms with Crippen molar-refractivity contribution in [2.24, 2.45) is 0 Å². The molecule has 0 aromatic rings. The molecule has 1 unspecified atom stereocenters. The first kappa shape index (κ1) is 17.3. The van der Waals surface area contributed by atoms with E-state index >= 15 is 0 Å². The summed E-state index contributed by atoms with van der Waals surface area (Å²) in [5.41, 5.74) is 0.830. The van der Waals surface area contributed by atoms with Crippen molar-refractivity contribution in [3.63, 3.8) is 0 Å². The average molecular weight is 222 g/mol. The molecule has 0 aliphatic heterocycles. The van der Waals surface area contributed by atoms with Gasteiger partial charge in [-0.05, 0) is 39.0 Å². The molecule has 92 valence electrons. The highest BCUT2D eigenvalue weighted by Crippen LogP contribution is 2.04. The van der Waals surface area contributed by atoms with Crippen LogP contribution in [0.4, 0.5) is 0 Å². The molecule has 0 amide bonds. The van der Waals surface area contributed by atoms with Crippen LogP contribution in [0.25, 0.3) is 0 Å². The molecule has 0 aliphatic carbocycles. The summed E-state index contributed by atoms with van der Waals surface area (Å²) in [6, 6.07) is 0. The molecule has 0 bridgehead atoms. The van der Waals surface area contributed by atoms with Gasteiger partial charge in [-0.2, -0.15) is 0 Å². The molecule has 1 nitrogen and oxygen atoms in total. The van der Waals surface area contributed by atoms with E-state index in [0.717, 1.165) is 31.3 Å². The van der Waals surface area contributed by atoms with Crippen LogP contribution in [-0.2, 0) is 0 Å². The van der Waals surface area contributed by atoms with E-state index in [-0.39, 0.29) is 6.10 Å². The average Bonchev–Trinajstić information content (AvgIpc) is 2.27. The van der Waals surface area contributed by atoms with Crippen LogP contribution in [0.2, 0.25) is 0 Å². The molecule has 0 fully saturated rings. The van der Waals surface area contributed by atoms with Gasteiger partial charge in [0.05, 0.1) is 6.10 Å². The minimum Gasteiger partial charge on any atom is -0.389 e. The summed E-state index contributed by atoms with van der Waals surface area (Å²) in [4.78, 5) is 0. The Morgan fingerprint density at radius 3 is 1.81 bits per heavy atom. The third-order valence-electron chi connectivity index (χ3n) is 2.03. The van der Waals surface area contributed by atoms with Crippen LogP contribution in [0, 0.1) is 0 Å². The molecule has 0 rings (SSSR count). The zero-order chi connectivity index (χ0) is 12.8. The van der Waals surface area contributed by atoms with E-state index in [1.807, 2.05) is 19.1 Å². The van der Waals surface area contributed by atoms with Gasteiger partial charge in [-0.3, -0.25) is 0 Å². The second kappa shape index (κ2) is 13.9. The topological polar surface area (TPSA) is 20.2 Å². The highest BCUT2D eigenvalue weighted by atomic mass is 16.3. The Balaban J connectivity index is 0. The molecule has 0 aromatic carbocycles.